The third kappa shape index (κ3) is 2.54. The van der Waals surface area contributed by atoms with Crippen molar-refractivity contribution in [1.82, 2.24) is 4.67 Å². The van der Waals surface area contributed by atoms with Crippen molar-refractivity contribution < 1.29 is 40.0 Å². The minimum Gasteiger partial charge on any atom is -0.297 e. The molecule has 0 unspecified atom stereocenters. The lowest BCUT2D eigenvalue weighted by molar-refractivity contribution is -0.334. The Bertz CT molecular complexity index is 508. The van der Waals surface area contributed by atoms with Gasteiger partial charge in [0.25, 0.3) is 0 Å². The van der Waals surface area contributed by atoms with E-state index in [1.54, 1.807) is 0 Å². The molecular weight excluding hydrogens is 351 g/mol. The van der Waals surface area contributed by atoms with Crippen LogP contribution in [0.1, 0.15) is 20.3 Å². The maximum atomic E-state index is 13.6. The summed E-state index contributed by atoms with van der Waals surface area (Å²) in [6.07, 6.45) is -9.77. The molecule has 0 aromatic heterocycles. The van der Waals surface area contributed by atoms with E-state index in [4.69, 9.17) is 9.05 Å². The van der Waals surface area contributed by atoms with Gasteiger partial charge in [0, 0.05) is 12.0 Å². The second-order valence-electron chi connectivity index (χ2n) is 5.21. The summed E-state index contributed by atoms with van der Waals surface area (Å²) in [4.78, 5) is 0. The monoisotopic (exact) mass is 367 g/mol. The number of rotatable bonds is 5. The van der Waals surface area contributed by atoms with Gasteiger partial charge in [-0.15, -0.1) is 0 Å². The van der Waals surface area contributed by atoms with Gasteiger partial charge in [0.1, 0.15) is 0 Å². The van der Waals surface area contributed by atoms with Gasteiger partial charge in [-0.2, -0.15) is 31.0 Å². The van der Waals surface area contributed by atoms with Crippen LogP contribution in [-0.2, 0) is 13.6 Å². The smallest absolute Gasteiger partial charge is 0.297 e. The van der Waals surface area contributed by atoms with Crippen molar-refractivity contribution in [2.75, 3.05) is 13.2 Å². The SMILES string of the molecule is CCOP(=O)(OCC)N1[C@@H]2C=C[C@H](C2)C1(C(F)(F)F)C(F)(F)F. The Hall–Kier alpha value is -0.570. The predicted molar refractivity (Wildman–Crippen MR) is 68.6 cm³/mol. The molecule has 11 heteroatoms. The molecule has 1 aliphatic carbocycles. The zero-order chi connectivity index (χ0) is 17.7. The normalized spacial score (nSPS) is 27.8. The van der Waals surface area contributed by atoms with E-state index in [0.717, 1.165) is 6.08 Å². The van der Waals surface area contributed by atoms with E-state index in [1.807, 2.05) is 0 Å². The topological polar surface area (TPSA) is 38.8 Å². The molecule has 0 radical (unpaired) electrons. The molecule has 2 atom stereocenters. The highest BCUT2D eigenvalue weighted by atomic mass is 31.2. The first kappa shape index (κ1) is 18.8. The van der Waals surface area contributed by atoms with Crippen LogP contribution >= 0.6 is 7.75 Å². The molecule has 0 aromatic carbocycles. The predicted octanol–water partition coefficient (Wildman–Crippen LogP) is 4.29. The van der Waals surface area contributed by atoms with Gasteiger partial charge in [0.15, 0.2) is 0 Å². The highest BCUT2D eigenvalue weighted by Crippen LogP contribution is 2.70. The van der Waals surface area contributed by atoms with E-state index in [0.29, 0.717) is 0 Å². The van der Waals surface area contributed by atoms with Gasteiger partial charge >= 0.3 is 20.1 Å². The van der Waals surface area contributed by atoms with E-state index in [2.05, 4.69) is 0 Å². The number of halogens is 6. The van der Waals surface area contributed by atoms with E-state index < -0.39 is 44.0 Å². The van der Waals surface area contributed by atoms with Gasteiger partial charge in [-0.1, -0.05) is 12.2 Å². The van der Waals surface area contributed by atoms with E-state index in [-0.39, 0.29) is 17.9 Å². The van der Waals surface area contributed by atoms with Crippen LogP contribution in [0.4, 0.5) is 26.3 Å². The minimum atomic E-state index is -5.70. The third-order valence-corrected chi connectivity index (χ3v) is 6.29. The number of alkyl halides is 6. The molecule has 1 saturated heterocycles. The van der Waals surface area contributed by atoms with Crippen molar-refractivity contribution in [2.24, 2.45) is 5.92 Å². The van der Waals surface area contributed by atoms with E-state index in [9.17, 15) is 30.9 Å². The Morgan fingerprint density at radius 2 is 1.57 bits per heavy atom. The van der Waals surface area contributed by atoms with Gasteiger partial charge in [0.05, 0.1) is 13.2 Å². The van der Waals surface area contributed by atoms with Crippen LogP contribution in [-0.4, -0.2) is 41.8 Å². The maximum absolute atomic E-state index is 13.6. The molecule has 1 heterocycles. The average Bonchev–Trinajstić information content (AvgIpc) is 2.95. The zero-order valence-electron chi connectivity index (χ0n) is 12.3. The molecule has 0 saturated carbocycles. The largest absolute Gasteiger partial charge is 0.416 e. The van der Waals surface area contributed by atoms with E-state index in [1.165, 1.54) is 19.9 Å². The molecule has 4 nitrogen and oxygen atoms in total. The van der Waals surface area contributed by atoms with Crippen LogP contribution < -0.4 is 0 Å². The molecule has 2 rings (SSSR count). The minimum absolute atomic E-state index is 0.127. The molecule has 1 fully saturated rings. The molecule has 134 valence electrons. The fourth-order valence-electron chi connectivity index (χ4n) is 3.31. The van der Waals surface area contributed by atoms with Crippen LogP contribution in [0.25, 0.3) is 0 Å². The van der Waals surface area contributed by atoms with Gasteiger partial charge in [0.2, 0.25) is 5.54 Å². The fraction of sp³-hybridized carbons (Fsp3) is 0.833. The molecule has 0 N–H and O–H groups in total. The number of nitrogens with zero attached hydrogens (tertiary/aromatic N) is 1. The van der Waals surface area contributed by atoms with E-state index >= 15 is 0 Å². The Morgan fingerprint density at radius 3 is 1.96 bits per heavy atom. The summed E-state index contributed by atoms with van der Waals surface area (Å²) < 4.78 is 104. The second kappa shape index (κ2) is 5.75. The molecule has 1 aliphatic heterocycles. The highest BCUT2D eigenvalue weighted by Gasteiger charge is 2.83. The van der Waals surface area contributed by atoms with Gasteiger partial charge in [-0.05, 0) is 20.3 Å². The first-order valence-electron chi connectivity index (χ1n) is 6.96. The van der Waals surface area contributed by atoms with Gasteiger partial charge in [-0.3, -0.25) is 9.05 Å². The lowest BCUT2D eigenvalue weighted by atomic mass is 9.84. The summed E-state index contributed by atoms with van der Waals surface area (Å²) >= 11 is 0. The Kier molecular flexibility index (Phi) is 4.69. The van der Waals surface area contributed by atoms with Crippen molar-refractivity contribution in [1.29, 1.82) is 0 Å². The third-order valence-electron chi connectivity index (χ3n) is 3.99. The van der Waals surface area contributed by atoms with Crippen LogP contribution in [0.2, 0.25) is 0 Å². The lowest BCUT2D eigenvalue weighted by Gasteiger charge is -2.47. The summed E-state index contributed by atoms with van der Waals surface area (Å²) in [6, 6.07) is -1.31. The Balaban J connectivity index is 2.68. The summed E-state index contributed by atoms with van der Waals surface area (Å²) in [7, 11) is -4.78. The van der Waals surface area contributed by atoms with Crippen LogP contribution in [0.15, 0.2) is 12.2 Å². The summed E-state index contributed by atoms with van der Waals surface area (Å²) in [5, 5.41) is 0. The number of hydrogen-bond acceptors (Lipinski definition) is 3. The fourth-order valence-corrected chi connectivity index (χ4v) is 5.58. The summed E-state index contributed by atoms with van der Waals surface area (Å²) in [5.41, 5.74) is -4.28. The summed E-state index contributed by atoms with van der Waals surface area (Å²) in [6.45, 7) is 1.94. The van der Waals surface area contributed by atoms with Crippen LogP contribution in [0.5, 0.6) is 0 Å². The Labute approximate surface area is 129 Å². The molecule has 2 aliphatic rings. The lowest BCUT2D eigenvalue weighted by Crippen LogP contribution is -2.68. The molecule has 0 spiro atoms. The average molecular weight is 367 g/mol. The standard InChI is InChI=1S/C12H16F6NO3P/c1-3-21-23(20,22-4-2)19-9-6-5-8(7-9)10(19,11(13,14)15)12(16,17)18/h5-6,8-9H,3-4,7H2,1-2H3/t8-,9-/m1/s1. The highest BCUT2D eigenvalue weighted by molar-refractivity contribution is 7.51. The van der Waals surface area contributed by atoms with Crippen LogP contribution in [0.3, 0.4) is 0 Å². The first-order chi connectivity index (χ1) is 10.5. The second-order valence-corrected chi connectivity index (χ2v) is 7.09. The first-order valence-corrected chi connectivity index (χ1v) is 8.46. The van der Waals surface area contributed by atoms with Crippen molar-refractivity contribution in [3.63, 3.8) is 0 Å². The zero-order valence-corrected chi connectivity index (χ0v) is 13.2. The number of hydrogen-bond donors (Lipinski definition) is 0. The van der Waals surface area contributed by atoms with Crippen molar-refractivity contribution in [3.05, 3.63) is 12.2 Å². The summed E-state index contributed by atoms with van der Waals surface area (Å²) in [5.74, 6) is -1.89. The molecule has 0 aromatic rings. The Morgan fingerprint density at radius 1 is 1.09 bits per heavy atom. The number of fused-ring (bicyclic) bond motifs is 2. The van der Waals surface area contributed by atoms with Crippen molar-refractivity contribution in [2.45, 2.75) is 44.2 Å². The quantitative estimate of drug-likeness (QED) is 0.413. The van der Waals surface area contributed by atoms with Crippen molar-refractivity contribution in [3.8, 4) is 0 Å². The molecule has 2 bridgehead atoms. The molecule has 0 amide bonds. The molecule has 23 heavy (non-hydrogen) atoms. The van der Waals surface area contributed by atoms with Gasteiger partial charge in [-0.25, -0.2) is 4.57 Å². The van der Waals surface area contributed by atoms with Crippen molar-refractivity contribution >= 4 is 7.75 Å². The molecular formula is C12H16F6NO3P. The maximum Gasteiger partial charge on any atom is 0.416 e. The van der Waals surface area contributed by atoms with Crippen LogP contribution in [0, 0.1) is 5.92 Å². The van der Waals surface area contributed by atoms with Gasteiger partial charge < -0.3 is 0 Å².